The molecule has 0 unspecified atom stereocenters. The van der Waals surface area contributed by atoms with E-state index in [1.807, 2.05) is 4.90 Å². The number of benzene rings is 1. The predicted molar refractivity (Wildman–Crippen MR) is 115 cm³/mol. The van der Waals surface area contributed by atoms with Crippen molar-refractivity contribution in [3.63, 3.8) is 0 Å². The molecule has 1 N–H and O–H groups in total. The maximum Gasteiger partial charge on any atom is 0.316 e. The van der Waals surface area contributed by atoms with Gasteiger partial charge in [-0.15, -0.1) is 0 Å². The number of halogens is 1. The van der Waals surface area contributed by atoms with E-state index >= 15 is 0 Å². The summed E-state index contributed by atoms with van der Waals surface area (Å²) in [4.78, 5) is 15.2. The van der Waals surface area contributed by atoms with Gasteiger partial charge in [0.1, 0.15) is 5.69 Å². The van der Waals surface area contributed by atoms with Crippen molar-refractivity contribution in [1.82, 2.24) is 18.8 Å². The second-order valence-electron chi connectivity index (χ2n) is 7.41. The second-order valence-corrected chi connectivity index (χ2v) is 9.72. The molecule has 0 atom stereocenters. The van der Waals surface area contributed by atoms with Gasteiger partial charge in [0.2, 0.25) is 5.75 Å². The summed E-state index contributed by atoms with van der Waals surface area (Å²) < 4.78 is 35.0. The van der Waals surface area contributed by atoms with E-state index < -0.39 is 10.2 Å². The lowest BCUT2D eigenvalue weighted by Gasteiger charge is -2.35. The number of rotatable bonds is 7. The molecular formula is C19H24ClN5O4S. The smallest absolute Gasteiger partial charge is 0.316 e. The first-order chi connectivity index (χ1) is 14.4. The first kappa shape index (κ1) is 21.1. The molecule has 0 amide bonds. The normalized spacial score (nSPS) is 17.9. The number of hydrogen-bond donors (Lipinski definition) is 1. The summed E-state index contributed by atoms with van der Waals surface area (Å²) in [6.45, 7) is 1.97. The van der Waals surface area contributed by atoms with Crippen LogP contribution in [0.25, 0.3) is 5.69 Å². The average molecular weight is 454 g/mol. The lowest BCUT2D eigenvalue weighted by molar-refractivity contribution is 0.292. The number of nitrogens with one attached hydrogen (secondary N) is 1. The van der Waals surface area contributed by atoms with E-state index in [0.717, 1.165) is 12.8 Å². The Kier molecular flexibility index (Phi) is 6.01. The molecule has 2 aromatic rings. The van der Waals surface area contributed by atoms with Crippen molar-refractivity contribution in [2.24, 2.45) is 5.92 Å². The van der Waals surface area contributed by atoms with Crippen molar-refractivity contribution in [3.8, 4) is 11.4 Å². The van der Waals surface area contributed by atoms with E-state index in [0.29, 0.717) is 55.1 Å². The summed E-state index contributed by atoms with van der Waals surface area (Å²) >= 11 is 6.07. The highest BCUT2D eigenvalue weighted by Gasteiger charge is 2.29. The van der Waals surface area contributed by atoms with Gasteiger partial charge in [-0.1, -0.05) is 17.7 Å². The van der Waals surface area contributed by atoms with Crippen LogP contribution in [0, 0.1) is 5.92 Å². The molecule has 1 aliphatic carbocycles. The molecule has 1 saturated carbocycles. The Morgan fingerprint density at radius 1 is 1.23 bits per heavy atom. The Hall–Kier alpha value is -2.14. The molecule has 30 heavy (non-hydrogen) atoms. The minimum absolute atomic E-state index is 0.238. The van der Waals surface area contributed by atoms with Crippen LogP contribution in [0.2, 0.25) is 5.02 Å². The number of piperazine rings is 1. The Labute approximate surface area is 180 Å². The van der Waals surface area contributed by atoms with Crippen molar-refractivity contribution in [1.29, 1.82) is 0 Å². The molecule has 2 aliphatic rings. The van der Waals surface area contributed by atoms with Crippen LogP contribution in [-0.2, 0) is 10.2 Å². The monoisotopic (exact) mass is 453 g/mol. The van der Waals surface area contributed by atoms with Gasteiger partial charge < -0.3 is 9.64 Å². The zero-order chi connectivity index (χ0) is 21.3. The molecular weight excluding hydrogens is 430 g/mol. The number of hydrogen-bond acceptors (Lipinski definition) is 6. The third kappa shape index (κ3) is 4.46. The highest BCUT2D eigenvalue weighted by atomic mass is 35.5. The number of nitrogens with zero attached hydrogens (tertiary/aromatic N) is 4. The molecule has 4 rings (SSSR count). The van der Waals surface area contributed by atoms with Crippen LogP contribution in [0.3, 0.4) is 0 Å². The molecule has 2 heterocycles. The third-order valence-electron chi connectivity index (χ3n) is 5.31. The van der Waals surface area contributed by atoms with Crippen molar-refractivity contribution in [2.45, 2.75) is 12.8 Å². The molecule has 0 bridgehead atoms. The van der Waals surface area contributed by atoms with E-state index in [4.69, 9.17) is 16.3 Å². The van der Waals surface area contributed by atoms with Gasteiger partial charge in [0, 0.05) is 38.2 Å². The highest BCUT2D eigenvalue weighted by Crippen LogP contribution is 2.32. The fraction of sp³-hybridized carbons (Fsp3) is 0.474. The van der Waals surface area contributed by atoms with Crippen LogP contribution in [0.5, 0.6) is 5.75 Å². The van der Waals surface area contributed by atoms with E-state index in [9.17, 15) is 13.2 Å². The maximum atomic E-state index is 13.2. The number of anilines is 1. The van der Waals surface area contributed by atoms with E-state index in [-0.39, 0.29) is 11.3 Å². The summed E-state index contributed by atoms with van der Waals surface area (Å²) in [7, 11) is -2.08. The molecule has 0 spiro atoms. The molecule has 162 valence electrons. The van der Waals surface area contributed by atoms with Gasteiger partial charge in [-0.2, -0.15) is 22.5 Å². The van der Waals surface area contributed by atoms with Gasteiger partial charge in [0.15, 0.2) is 0 Å². The molecule has 0 radical (unpaired) electrons. The topological polar surface area (TPSA) is 96.8 Å². The number of ether oxygens (including phenoxy) is 1. The fourth-order valence-electron chi connectivity index (χ4n) is 3.37. The van der Waals surface area contributed by atoms with Crippen molar-refractivity contribution in [3.05, 3.63) is 45.8 Å². The summed E-state index contributed by atoms with van der Waals surface area (Å²) in [6.07, 6.45) is 3.81. The number of aromatic nitrogens is 2. The van der Waals surface area contributed by atoms with E-state index in [2.05, 4.69) is 9.82 Å². The first-order valence-corrected chi connectivity index (χ1v) is 11.7. The Morgan fingerprint density at radius 2 is 1.97 bits per heavy atom. The van der Waals surface area contributed by atoms with Crippen LogP contribution in [0.15, 0.2) is 35.3 Å². The van der Waals surface area contributed by atoms with Gasteiger partial charge in [-0.3, -0.25) is 4.79 Å². The summed E-state index contributed by atoms with van der Waals surface area (Å²) in [5.74, 6) is 0.712. The SMILES string of the molecule is CNS(=O)(=O)N1CCN(c2cnn(-c3cccc(Cl)c3)c(=O)c2OCC2CC2)CC1. The minimum Gasteiger partial charge on any atom is -0.486 e. The second kappa shape index (κ2) is 8.54. The van der Waals surface area contributed by atoms with Crippen LogP contribution in [-0.4, -0.2) is 62.3 Å². The Balaban J connectivity index is 1.64. The molecule has 2 fully saturated rings. The molecule has 1 aromatic carbocycles. The first-order valence-electron chi connectivity index (χ1n) is 9.83. The van der Waals surface area contributed by atoms with Crippen molar-refractivity contribution >= 4 is 27.5 Å². The van der Waals surface area contributed by atoms with Crippen molar-refractivity contribution in [2.75, 3.05) is 44.7 Å². The highest BCUT2D eigenvalue weighted by molar-refractivity contribution is 7.87. The van der Waals surface area contributed by atoms with Crippen LogP contribution in [0.1, 0.15) is 12.8 Å². The van der Waals surface area contributed by atoms with Gasteiger partial charge in [-0.25, -0.2) is 4.72 Å². The van der Waals surface area contributed by atoms with Crippen LogP contribution >= 0.6 is 11.6 Å². The molecule has 1 aromatic heterocycles. The minimum atomic E-state index is -3.47. The molecule has 1 aliphatic heterocycles. The van der Waals surface area contributed by atoms with Crippen LogP contribution < -0.4 is 19.9 Å². The fourth-order valence-corrected chi connectivity index (χ4v) is 4.45. The van der Waals surface area contributed by atoms with Gasteiger partial charge in [0.25, 0.3) is 10.2 Å². The Bertz CT molecular complexity index is 1080. The maximum absolute atomic E-state index is 13.2. The van der Waals surface area contributed by atoms with Gasteiger partial charge in [-0.05, 0) is 37.0 Å². The molecule has 11 heteroatoms. The lowest BCUT2D eigenvalue weighted by atomic mass is 10.3. The lowest BCUT2D eigenvalue weighted by Crippen LogP contribution is -2.51. The zero-order valence-electron chi connectivity index (χ0n) is 16.6. The summed E-state index contributed by atoms with van der Waals surface area (Å²) in [5.41, 5.74) is 0.779. The van der Waals surface area contributed by atoms with Crippen molar-refractivity contribution < 1.29 is 13.2 Å². The standard InChI is InChI=1S/C19H24ClN5O4S/c1-21-30(27,28)24-9-7-23(8-10-24)17-12-22-25(16-4-2-3-15(20)11-16)19(26)18(17)29-13-14-5-6-14/h2-4,11-12,14,21H,5-10,13H2,1H3. The third-order valence-corrected chi connectivity index (χ3v) is 7.10. The predicted octanol–water partition coefficient (Wildman–Crippen LogP) is 1.26. The summed E-state index contributed by atoms with van der Waals surface area (Å²) in [5, 5.41) is 4.84. The van der Waals surface area contributed by atoms with Crippen LogP contribution in [0.4, 0.5) is 5.69 Å². The summed E-state index contributed by atoms with van der Waals surface area (Å²) in [6, 6.07) is 6.91. The van der Waals surface area contributed by atoms with E-state index in [1.165, 1.54) is 16.0 Å². The largest absolute Gasteiger partial charge is 0.486 e. The molecule has 1 saturated heterocycles. The van der Waals surface area contributed by atoms with Gasteiger partial charge >= 0.3 is 5.56 Å². The van der Waals surface area contributed by atoms with Gasteiger partial charge in [0.05, 0.1) is 18.5 Å². The quantitative estimate of drug-likeness (QED) is 0.678. The van der Waals surface area contributed by atoms with E-state index in [1.54, 1.807) is 30.5 Å². The zero-order valence-corrected chi connectivity index (χ0v) is 18.2. The average Bonchev–Trinajstić information content (AvgIpc) is 3.57. The Morgan fingerprint density at radius 3 is 2.60 bits per heavy atom. The molecule has 9 nitrogen and oxygen atoms in total.